The first-order valence-electron chi connectivity index (χ1n) is 7.61. The molecule has 1 saturated heterocycles. The molecule has 8 heteroatoms. The predicted molar refractivity (Wildman–Crippen MR) is 83.3 cm³/mol. The highest BCUT2D eigenvalue weighted by molar-refractivity contribution is 5.81. The summed E-state index contributed by atoms with van der Waals surface area (Å²) in [7, 11) is 2.06. The van der Waals surface area contributed by atoms with Crippen LogP contribution in [0.5, 0.6) is 5.75 Å². The van der Waals surface area contributed by atoms with E-state index in [4.69, 9.17) is 4.74 Å². The SMILES string of the molecule is CC(Oc1ccc(-n2cnnn2)cc1)C(=O)N1CCN(C)CC1. The van der Waals surface area contributed by atoms with Gasteiger partial charge < -0.3 is 14.5 Å². The molecule has 8 nitrogen and oxygen atoms in total. The molecule has 2 heterocycles. The molecular weight excluding hydrogens is 296 g/mol. The maximum absolute atomic E-state index is 12.4. The molecule has 0 spiro atoms. The van der Waals surface area contributed by atoms with Gasteiger partial charge in [-0.05, 0) is 48.7 Å². The van der Waals surface area contributed by atoms with Crippen LogP contribution in [0, 0.1) is 0 Å². The van der Waals surface area contributed by atoms with E-state index in [0.29, 0.717) is 5.75 Å². The molecule has 0 aliphatic carbocycles. The fourth-order valence-corrected chi connectivity index (χ4v) is 2.50. The van der Waals surface area contributed by atoms with Gasteiger partial charge in [-0.1, -0.05) is 0 Å². The third-order valence-corrected chi connectivity index (χ3v) is 3.93. The number of piperazine rings is 1. The lowest BCUT2D eigenvalue weighted by molar-refractivity contribution is -0.139. The van der Waals surface area contributed by atoms with Crippen molar-refractivity contribution in [3.8, 4) is 11.4 Å². The molecule has 3 rings (SSSR count). The van der Waals surface area contributed by atoms with E-state index >= 15 is 0 Å². The largest absolute Gasteiger partial charge is 0.481 e. The van der Waals surface area contributed by atoms with Gasteiger partial charge in [0.2, 0.25) is 0 Å². The number of ether oxygens (including phenoxy) is 1. The number of hydrogen-bond donors (Lipinski definition) is 0. The van der Waals surface area contributed by atoms with Crippen molar-refractivity contribution in [1.82, 2.24) is 30.0 Å². The summed E-state index contributed by atoms with van der Waals surface area (Å²) in [6, 6.07) is 7.31. The first-order chi connectivity index (χ1) is 11.1. The lowest BCUT2D eigenvalue weighted by Crippen LogP contribution is -2.50. The Morgan fingerprint density at radius 3 is 2.48 bits per heavy atom. The summed E-state index contributed by atoms with van der Waals surface area (Å²) >= 11 is 0. The van der Waals surface area contributed by atoms with Gasteiger partial charge in [0, 0.05) is 26.2 Å². The number of carbonyl (C=O) groups excluding carboxylic acids is 1. The molecule has 1 aromatic carbocycles. The zero-order valence-corrected chi connectivity index (χ0v) is 13.3. The number of carbonyl (C=O) groups is 1. The van der Waals surface area contributed by atoms with Crippen LogP contribution >= 0.6 is 0 Å². The molecule has 0 saturated carbocycles. The van der Waals surface area contributed by atoms with Gasteiger partial charge in [-0.2, -0.15) is 0 Å². The van der Waals surface area contributed by atoms with Crippen molar-refractivity contribution in [2.75, 3.05) is 33.2 Å². The van der Waals surface area contributed by atoms with Crippen LogP contribution in [0.25, 0.3) is 5.69 Å². The second kappa shape index (κ2) is 6.74. The first-order valence-corrected chi connectivity index (χ1v) is 7.61. The minimum absolute atomic E-state index is 0.0302. The van der Waals surface area contributed by atoms with Crippen LogP contribution < -0.4 is 4.74 Å². The minimum atomic E-state index is -0.503. The van der Waals surface area contributed by atoms with Crippen molar-refractivity contribution in [2.24, 2.45) is 0 Å². The summed E-state index contributed by atoms with van der Waals surface area (Å²) in [4.78, 5) is 16.5. The van der Waals surface area contributed by atoms with Crippen LogP contribution in [0.3, 0.4) is 0 Å². The second-order valence-corrected chi connectivity index (χ2v) is 5.64. The van der Waals surface area contributed by atoms with Crippen molar-refractivity contribution in [3.63, 3.8) is 0 Å². The van der Waals surface area contributed by atoms with Crippen molar-refractivity contribution in [3.05, 3.63) is 30.6 Å². The lowest BCUT2D eigenvalue weighted by Gasteiger charge is -2.33. The number of benzene rings is 1. The fourth-order valence-electron chi connectivity index (χ4n) is 2.50. The van der Waals surface area contributed by atoms with Gasteiger partial charge in [0.1, 0.15) is 12.1 Å². The lowest BCUT2D eigenvalue weighted by atomic mass is 10.2. The van der Waals surface area contributed by atoms with Gasteiger partial charge in [-0.25, -0.2) is 4.68 Å². The molecule has 1 aliphatic rings. The van der Waals surface area contributed by atoms with Crippen LogP contribution in [0.4, 0.5) is 0 Å². The predicted octanol–water partition coefficient (Wildman–Crippen LogP) is 0.204. The molecule has 1 unspecified atom stereocenters. The Labute approximate surface area is 134 Å². The molecule has 23 heavy (non-hydrogen) atoms. The molecule has 1 amide bonds. The van der Waals surface area contributed by atoms with Crippen LogP contribution in [0.15, 0.2) is 30.6 Å². The number of hydrogen-bond acceptors (Lipinski definition) is 6. The smallest absolute Gasteiger partial charge is 0.263 e. The fraction of sp³-hybridized carbons (Fsp3) is 0.467. The van der Waals surface area contributed by atoms with Crippen LogP contribution in [-0.4, -0.2) is 75.2 Å². The normalized spacial score (nSPS) is 17.0. The van der Waals surface area contributed by atoms with E-state index in [0.717, 1.165) is 31.9 Å². The molecular formula is C15H20N6O2. The van der Waals surface area contributed by atoms with Crippen molar-refractivity contribution >= 4 is 5.91 Å². The number of tetrazole rings is 1. The molecule has 1 aliphatic heterocycles. The maximum Gasteiger partial charge on any atom is 0.263 e. The van der Waals surface area contributed by atoms with E-state index in [1.54, 1.807) is 11.6 Å². The van der Waals surface area contributed by atoms with E-state index in [2.05, 4.69) is 27.5 Å². The van der Waals surface area contributed by atoms with E-state index in [1.807, 2.05) is 29.2 Å². The van der Waals surface area contributed by atoms with E-state index in [-0.39, 0.29) is 5.91 Å². The maximum atomic E-state index is 12.4. The molecule has 1 fully saturated rings. The van der Waals surface area contributed by atoms with E-state index in [1.165, 1.54) is 6.33 Å². The summed E-state index contributed by atoms with van der Waals surface area (Å²) in [6.07, 6.45) is 1.02. The molecule has 0 bridgehead atoms. The highest BCUT2D eigenvalue weighted by Gasteiger charge is 2.24. The third-order valence-electron chi connectivity index (χ3n) is 3.93. The van der Waals surface area contributed by atoms with Crippen LogP contribution in [0.2, 0.25) is 0 Å². The average molecular weight is 316 g/mol. The Morgan fingerprint density at radius 2 is 1.87 bits per heavy atom. The highest BCUT2D eigenvalue weighted by Crippen LogP contribution is 2.16. The molecule has 1 atom stereocenters. The summed E-state index contributed by atoms with van der Waals surface area (Å²) in [5, 5.41) is 11.0. The Balaban J connectivity index is 1.59. The summed E-state index contributed by atoms with van der Waals surface area (Å²) in [5.74, 6) is 0.680. The van der Waals surface area contributed by atoms with E-state index in [9.17, 15) is 4.79 Å². The van der Waals surface area contributed by atoms with Gasteiger partial charge in [-0.15, -0.1) is 5.10 Å². The van der Waals surface area contributed by atoms with Gasteiger partial charge >= 0.3 is 0 Å². The highest BCUT2D eigenvalue weighted by atomic mass is 16.5. The number of rotatable bonds is 4. The van der Waals surface area contributed by atoms with Crippen LogP contribution in [0.1, 0.15) is 6.92 Å². The minimum Gasteiger partial charge on any atom is -0.481 e. The topological polar surface area (TPSA) is 76.4 Å². The Hall–Kier alpha value is -2.48. The number of nitrogens with zero attached hydrogens (tertiary/aromatic N) is 6. The quantitative estimate of drug-likeness (QED) is 0.802. The third kappa shape index (κ3) is 3.65. The average Bonchev–Trinajstić information content (AvgIpc) is 3.10. The van der Waals surface area contributed by atoms with Gasteiger partial charge in [0.05, 0.1) is 5.69 Å². The molecule has 0 N–H and O–H groups in total. The first kappa shape index (κ1) is 15.4. The molecule has 1 aromatic heterocycles. The number of likely N-dealkylation sites (N-methyl/N-ethyl adjacent to an activating group) is 1. The molecule has 122 valence electrons. The molecule has 0 radical (unpaired) electrons. The van der Waals surface area contributed by atoms with Crippen molar-refractivity contribution < 1.29 is 9.53 Å². The number of aromatic nitrogens is 4. The monoisotopic (exact) mass is 316 g/mol. The van der Waals surface area contributed by atoms with Crippen molar-refractivity contribution in [2.45, 2.75) is 13.0 Å². The second-order valence-electron chi connectivity index (χ2n) is 5.64. The Morgan fingerprint density at radius 1 is 1.17 bits per heavy atom. The van der Waals surface area contributed by atoms with Crippen LogP contribution in [-0.2, 0) is 4.79 Å². The zero-order valence-electron chi connectivity index (χ0n) is 13.3. The summed E-state index contributed by atoms with van der Waals surface area (Å²) in [6.45, 7) is 5.09. The van der Waals surface area contributed by atoms with Gasteiger partial charge in [0.15, 0.2) is 6.10 Å². The zero-order chi connectivity index (χ0) is 16.2. The molecule has 2 aromatic rings. The standard InChI is InChI=1S/C15H20N6O2/c1-12(15(22)20-9-7-19(2)8-10-20)23-14-5-3-13(4-6-14)21-11-16-17-18-21/h3-6,11-12H,7-10H2,1-2H3. The Bertz CT molecular complexity index is 634. The Kier molecular flexibility index (Phi) is 4.52. The summed E-state index contributed by atoms with van der Waals surface area (Å²) in [5.41, 5.74) is 0.834. The van der Waals surface area contributed by atoms with Gasteiger partial charge in [-0.3, -0.25) is 4.79 Å². The van der Waals surface area contributed by atoms with E-state index < -0.39 is 6.10 Å². The van der Waals surface area contributed by atoms with Gasteiger partial charge in [0.25, 0.3) is 5.91 Å². The number of amides is 1. The summed E-state index contributed by atoms with van der Waals surface area (Å²) < 4.78 is 7.32. The van der Waals surface area contributed by atoms with Crippen molar-refractivity contribution in [1.29, 1.82) is 0 Å².